The number of hydrogen-bond donors (Lipinski definition) is 3. The van der Waals surface area contributed by atoms with Gasteiger partial charge in [-0.05, 0) is 105 Å². The molecule has 1 aliphatic carbocycles. The van der Waals surface area contributed by atoms with Crippen molar-refractivity contribution in [2.75, 3.05) is 73.8 Å². The molecule has 68 heavy (non-hydrogen) atoms. The molecule has 19 nitrogen and oxygen atoms in total. The third-order valence-electron chi connectivity index (χ3n) is 13.5. The van der Waals surface area contributed by atoms with Gasteiger partial charge in [-0.25, -0.2) is 23.7 Å². The van der Waals surface area contributed by atoms with Crippen molar-refractivity contribution in [2.24, 2.45) is 11.8 Å². The average molecular weight is 949 g/mol. The molecule has 1 saturated carbocycles. The highest BCUT2D eigenvalue weighted by atomic mass is 32.2. The Morgan fingerprint density at radius 2 is 1.65 bits per heavy atom. The highest BCUT2D eigenvalue weighted by Gasteiger charge is 2.49. The fourth-order valence-electron chi connectivity index (χ4n) is 9.51. The molecule has 5 aromatic rings. The standard InChI is InChI=1S/C46H46F2N12O7S/c47-36-4-6-39(55-68(65,66)59-23-28-17-29(28)24-59)35(20-49)43(36)67-32-2-5-38-34(19-32)45(64)60(26-52-38)31-21-50-46(51-22-31)58-15-13-57(14-16-58)42(62)25-56-11-9-27(10-12-56)33-3-1-30(18-37(33)48)53-40-7-8-41(61)54-44(40)63/h1-6,18-19,21-22,26-29,40,53,55H,7-17,23-25H2,(H,54,61,63)/t28-,29?,40+/m1/s1. The van der Waals surface area contributed by atoms with Gasteiger partial charge in [-0.15, -0.1) is 0 Å². The van der Waals surface area contributed by atoms with Crippen LogP contribution >= 0.6 is 0 Å². The maximum Gasteiger partial charge on any atom is 0.301 e. The number of aromatic nitrogens is 4. The van der Waals surface area contributed by atoms with E-state index < -0.39 is 39.3 Å². The number of benzene rings is 3. The van der Waals surface area contributed by atoms with Crippen LogP contribution in [0.5, 0.6) is 11.5 Å². The molecule has 6 heterocycles. The Labute approximate surface area is 388 Å². The summed E-state index contributed by atoms with van der Waals surface area (Å²) in [6, 6.07) is 12.7. The molecule has 4 saturated heterocycles. The van der Waals surface area contributed by atoms with Gasteiger partial charge in [0.1, 0.15) is 35.6 Å². The number of piperidine rings is 3. The number of halogens is 2. The van der Waals surface area contributed by atoms with E-state index in [0.29, 0.717) is 112 Å². The van der Waals surface area contributed by atoms with Gasteiger partial charge >= 0.3 is 10.2 Å². The summed E-state index contributed by atoms with van der Waals surface area (Å²) in [4.78, 5) is 70.0. The summed E-state index contributed by atoms with van der Waals surface area (Å²) in [6.07, 6.45) is 7.27. The van der Waals surface area contributed by atoms with E-state index in [1.165, 1.54) is 57.9 Å². The van der Waals surface area contributed by atoms with Crippen LogP contribution in [0.2, 0.25) is 0 Å². The molecular formula is C46H46F2N12O7S. The summed E-state index contributed by atoms with van der Waals surface area (Å²) in [5.41, 5.74) is 0.732. The second-order valence-corrected chi connectivity index (χ2v) is 19.5. The number of imide groups is 1. The zero-order chi connectivity index (χ0) is 47.3. The minimum absolute atomic E-state index is 0.00414. The Morgan fingerprint density at radius 1 is 0.897 bits per heavy atom. The van der Waals surface area contributed by atoms with Crippen molar-refractivity contribution < 1.29 is 36.3 Å². The number of piperazine rings is 1. The Hall–Kier alpha value is -7.09. The van der Waals surface area contributed by atoms with Gasteiger partial charge < -0.3 is 19.9 Å². The minimum atomic E-state index is -4.00. The topological polar surface area (TPSA) is 228 Å². The number of ether oxygens (including phenoxy) is 1. The Morgan fingerprint density at radius 3 is 2.35 bits per heavy atom. The van der Waals surface area contributed by atoms with Crippen molar-refractivity contribution in [1.82, 2.24) is 38.9 Å². The van der Waals surface area contributed by atoms with Crippen LogP contribution in [0, 0.1) is 34.8 Å². The first-order valence-electron chi connectivity index (χ1n) is 22.5. The summed E-state index contributed by atoms with van der Waals surface area (Å²) in [5, 5.41) is 15.4. The van der Waals surface area contributed by atoms with E-state index in [2.05, 4.69) is 35.2 Å². The van der Waals surface area contributed by atoms with Gasteiger partial charge in [0.25, 0.3) is 5.56 Å². The quantitative estimate of drug-likeness (QED) is 0.152. The van der Waals surface area contributed by atoms with E-state index in [-0.39, 0.29) is 58.9 Å². The Kier molecular flexibility index (Phi) is 12.0. The van der Waals surface area contributed by atoms with Crippen molar-refractivity contribution in [3.8, 4) is 23.3 Å². The van der Waals surface area contributed by atoms with Crippen molar-refractivity contribution in [1.29, 1.82) is 5.26 Å². The number of nitrogens with zero attached hydrogens (tertiary/aromatic N) is 9. The first-order valence-corrected chi connectivity index (χ1v) is 23.9. The predicted octanol–water partition coefficient (Wildman–Crippen LogP) is 3.47. The predicted molar refractivity (Wildman–Crippen MR) is 243 cm³/mol. The first-order chi connectivity index (χ1) is 32.8. The van der Waals surface area contributed by atoms with Crippen LogP contribution < -0.4 is 30.6 Å². The van der Waals surface area contributed by atoms with Gasteiger partial charge in [0.05, 0.1) is 41.2 Å². The molecule has 3 amide bonds. The van der Waals surface area contributed by atoms with Crippen LogP contribution in [-0.4, -0.2) is 125 Å². The van der Waals surface area contributed by atoms with Crippen molar-refractivity contribution in [3.05, 3.63) is 100 Å². The van der Waals surface area contributed by atoms with E-state index in [9.17, 15) is 32.9 Å². The summed E-state index contributed by atoms with van der Waals surface area (Å²) >= 11 is 0. The number of amides is 3. The summed E-state index contributed by atoms with van der Waals surface area (Å²) in [6.45, 7) is 4.21. The normalized spacial score (nSPS) is 21.3. The number of carbonyl (C=O) groups is 3. The van der Waals surface area contributed by atoms with Gasteiger partial charge in [-0.3, -0.25) is 38.7 Å². The zero-order valence-electron chi connectivity index (χ0n) is 36.6. The number of likely N-dealkylation sites (tertiary alicyclic amines) is 1. The van der Waals surface area contributed by atoms with E-state index in [1.807, 2.05) is 15.9 Å². The van der Waals surface area contributed by atoms with Crippen molar-refractivity contribution >= 4 is 56.2 Å². The summed E-state index contributed by atoms with van der Waals surface area (Å²) < 4.78 is 67.5. The molecule has 22 heteroatoms. The fraction of sp³-hybridized carbons (Fsp3) is 0.391. The van der Waals surface area contributed by atoms with Crippen LogP contribution in [0.15, 0.2) is 72.0 Å². The second-order valence-electron chi connectivity index (χ2n) is 17.8. The lowest BCUT2D eigenvalue weighted by molar-refractivity contribution is -0.134. The van der Waals surface area contributed by atoms with Crippen LogP contribution in [0.4, 0.5) is 26.1 Å². The summed E-state index contributed by atoms with van der Waals surface area (Å²) in [5.74, 6) is -1.39. The number of carbonyl (C=O) groups excluding carboxylic acids is 3. The van der Waals surface area contributed by atoms with E-state index in [1.54, 1.807) is 12.1 Å². The molecule has 352 valence electrons. The number of nitriles is 1. The molecule has 10 rings (SSSR count). The van der Waals surface area contributed by atoms with E-state index in [4.69, 9.17) is 4.74 Å². The lowest BCUT2D eigenvalue weighted by Crippen LogP contribution is -2.52. The monoisotopic (exact) mass is 948 g/mol. The summed E-state index contributed by atoms with van der Waals surface area (Å²) in [7, 11) is -4.00. The minimum Gasteiger partial charge on any atom is -0.453 e. The van der Waals surface area contributed by atoms with Crippen LogP contribution in [0.25, 0.3) is 16.6 Å². The van der Waals surface area contributed by atoms with Gasteiger partial charge in [-0.1, -0.05) is 6.07 Å². The Balaban J connectivity index is 0.726. The lowest BCUT2D eigenvalue weighted by atomic mass is 9.89. The van der Waals surface area contributed by atoms with Crippen LogP contribution in [0.1, 0.15) is 49.1 Å². The molecule has 0 radical (unpaired) electrons. The lowest BCUT2D eigenvalue weighted by Gasteiger charge is -2.37. The first kappa shape index (κ1) is 44.7. The van der Waals surface area contributed by atoms with E-state index >= 15 is 8.78 Å². The smallest absolute Gasteiger partial charge is 0.301 e. The molecule has 3 aromatic carbocycles. The SMILES string of the molecule is N#Cc1c(NS(=O)(=O)N2CC3C[C@@H]3C2)ccc(F)c1Oc1ccc2ncn(-c3cnc(N4CCN(C(=O)CN5CCC(c6ccc(N[C@H]7CCC(=O)NC7=O)cc6F)CC5)CC4)nc3)c(=O)c2c1. The highest BCUT2D eigenvalue weighted by Crippen LogP contribution is 2.46. The molecule has 0 bridgehead atoms. The second kappa shape index (κ2) is 18.2. The number of fused-ring (bicyclic) bond motifs is 2. The molecule has 2 aromatic heterocycles. The third-order valence-corrected chi connectivity index (χ3v) is 14.9. The van der Waals surface area contributed by atoms with Gasteiger partial charge in [0.15, 0.2) is 11.6 Å². The maximum absolute atomic E-state index is 15.3. The van der Waals surface area contributed by atoms with Crippen LogP contribution in [0.3, 0.4) is 0 Å². The van der Waals surface area contributed by atoms with Crippen LogP contribution in [-0.2, 0) is 24.6 Å². The molecule has 0 spiro atoms. The van der Waals surface area contributed by atoms with Gasteiger partial charge in [0, 0.05) is 51.4 Å². The third kappa shape index (κ3) is 9.15. The highest BCUT2D eigenvalue weighted by molar-refractivity contribution is 7.90. The molecule has 3 N–H and O–H groups in total. The molecule has 3 atom stereocenters. The molecule has 5 fully saturated rings. The van der Waals surface area contributed by atoms with Gasteiger partial charge in [0.2, 0.25) is 23.7 Å². The molecule has 1 unspecified atom stereocenters. The largest absolute Gasteiger partial charge is 0.453 e. The van der Waals surface area contributed by atoms with E-state index in [0.717, 1.165) is 12.5 Å². The fourth-order valence-corrected chi connectivity index (χ4v) is 10.9. The number of rotatable bonds is 12. The Bertz CT molecular complexity index is 3030. The molecule has 4 aliphatic heterocycles. The van der Waals surface area contributed by atoms with Crippen molar-refractivity contribution in [2.45, 2.75) is 44.1 Å². The maximum atomic E-state index is 15.3. The van der Waals surface area contributed by atoms with Gasteiger partial charge in [-0.2, -0.15) is 18.0 Å². The number of anilines is 3. The number of nitrogens with one attached hydrogen (secondary N) is 3. The molecule has 5 aliphatic rings. The number of hydrogen-bond acceptors (Lipinski definition) is 14. The van der Waals surface area contributed by atoms with Crippen molar-refractivity contribution in [3.63, 3.8) is 0 Å². The average Bonchev–Trinajstić information content (AvgIpc) is 3.94. The molecular weight excluding hydrogens is 903 g/mol. The zero-order valence-corrected chi connectivity index (χ0v) is 37.4.